The Morgan fingerprint density at radius 3 is 1.73 bits per heavy atom. The third kappa shape index (κ3) is 6.28. The maximum Gasteiger partial charge on any atom is 0.160 e. The molecule has 5 nitrogen and oxygen atoms in total. The molecule has 0 aliphatic carbocycles. The van der Waals surface area contributed by atoms with E-state index in [1.807, 2.05) is 60.9 Å². The first-order chi connectivity index (χ1) is 30.7. The summed E-state index contributed by atoms with van der Waals surface area (Å²) in [5, 5.41) is 2.19. The first-order valence-electron chi connectivity index (χ1n) is 20.6. The van der Waals surface area contributed by atoms with Crippen LogP contribution in [0.2, 0.25) is 0 Å². The highest BCUT2D eigenvalue weighted by molar-refractivity contribution is 7.99. The van der Waals surface area contributed by atoms with Crippen molar-refractivity contribution in [1.82, 2.24) is 19.9 Å². The van der Waals surface area contributed by atoms with Gasteiger partial charge in [-0.3, -0.25) is 9.97 Å². The van der Waals surface area contributed by atoms with Crippen LogP contribution in [0.4, 0.5) is 0 Å². The Hall–Kier alpha value is -7.93. The summed E-state index contributed by atoms with van der Waals surface area (Å²) in [6.45, 7) is 0. The van der Waals surface area contributed by atoms with Gasteiger partial charge in [0, 0.05) is 61.4 Å². The second-order valence-corrected chi connectivity index (χ2v) is 16.5. The number of nitrogens with zero attached hydrogens (tertiary/aromatic N) is 4. The highest BCUT2D eigenvalue weighted by atomic mass is 32.2. The molecule has 5 heterocycles. The van der Waals surface area contributed by atoms with E-state index in [2.05, 4.69) is 145 Å². The van der Waals surface area contributed by atoms with Gasteiger partial charge in [-0.15, -0.1) is 0 Å². The summed E-state index contributed by atoms with van der Waals surface area (Å²) >= 11 is 1.80. The van der Waals surface area contributed by atoms with E-state index in [1.165, 1.54) is 27.1 Å². The van der Waals surface area contributed by atoms with Crippen molar-refractivity contribution in [2.24, 2.45) is 0 Å². The molecule has 62 heavy (non-hydrogen) atoms. The summed E-state index contributed by atoms with van der Waals surface area (Å²) in [5.41, 5.74) is 17.1. The molecule has 0 saturated heterocycles. The zero-order valence-corrected chi connectivity index (χ0v) is 34.1. The van der Waals surface area contributed by atoms with Crippen molar-refractivity contribution in [3.05, 3.63) is 207 Å². The van der Waals surface area contributed by atoms with E-state index >= 15 is 0 Å². The monoisotopic (exact) mass is 810 g/mol. The van der Waals surface area contributed by atoms with Crippen molar-refractivity contribution < 1.29 is 4.42 Å². The molecular weight excluding hydrogens is 777 g/mol. The summed E-state index contributed by atoms with van der Waals surface area (Å²) in [4.78, 5) is 21.9. The zero-order valence-electron chi connectivity index (χ0n) is 33.2. The van der Waals surface area contributed by atoms with Crippen LogP contribution in [0.1, 0.15) is 0 Å². The molecule has 0 atom stereocenters. The minimum absolute atomic E-state index is 0.643. The highest BCUT2D eigenvalue weighted by Crippen LogP contribution is 2.50. The molecule has 6 heteroatoms. The van der Waals surface area contributed by atoms with Gasteiger partial charge in [0.1, 0.15) is 11.2 Å². The molecule has 0 saturated carbocycles. The Morgan fingerprint density at radius 1 is 0.355 bits per heavy atom. The van der Waals surface area contributed by atoms with Gasteiger partial charge >= 0.3 is 0 Å². The van der Waals surface area contributed by atoms with Crippen LogP contribution in [0.5, 0.6) is 0 Å². The van der Waals surface area contributed by atoms with Crippen LogP contribution in [0.15, 0.2) is 221 Å². The standard InChI is InChI=1S/C56H34N4OS/c1-2-13-35(14-3-1)56-59-50(32-51(60-56)38-25-27-49(58-34-38)37-15-12-28-57-33-37)36-24-26-43-41-18-5-4-16-39(41)40-17-6-7-19-42(40)45-21-9-11-23-54(45)62-55-31-47-44-20-8-10-22-52(44)61-53(47)30-48(55)46(43)29-36/h1-34H. The van der Waals surface area contributed by atoms with Crippen LogP contribution in [0, 0.1) is 0 Å². The lowest BCUT2D eigenvalue weighted by molar-refractivity contribution is 0.669. The largest absolute Gasteiger partial charge is 0.456 e. The molecule has 1 aliphatic heterocycles. The fraction of sp³-hybridized carbons (Fsp3) is 0. The first kappa shape index (κ1) is 36.0. The molecule has 0 N–H and O–H groups in total. The van der Waals surface area contributed by atoms with Crippen LogP contribution in [-0.4, -0.2) is 19.9 Å². The lowest BCUT2D eigenvalue weighted by atomic mass is 9.85. The van der Waals surface area contributed by atoms with Gasteiger partial charge in [-0.25, -0.2) is 9.97 Å². The molecule has 0 radical (unpaired) electrons. The Kier molecular flexibility index (Phi) is 8.68. The molecule has 0 fully saturated rings. The lowest BCUT2D eigenvalue weighted by Crippen LogP contribution is -1.97. The number of aromatic nitrogens is 4. The number of furan rings is 1. The molecule has 7 aromatic carbocycles. The quantitative estimate of drug-likeness (QED) is 0.176. The number of hydrogen-bond donors (Lipinski definition) is 0. The van der Waals surface area contributed by atoms with E-state index in [0.717, 1.165) is 88.4 Å². The molecule has 290 valence electrons. The van der Waals surface area contributed by atoms with E-state index in [0.29, 0.717) is 5.82 Å². The minimum atomic E-state index is 0.643. The van der Waals surface area contributed by atoms with Crippen molar-refractivity contribution in [3.8, 4) is 89.7 Å². The van der Waals surface area contributed by atoms with Gasteiger partial charge in [-0.1, -0.05) is 139 Å². The Balaban J connectivity index is 1.12. The van der Waals surface area contributed by atoms with Gasteiger partial charge in [-0.05, 0) is 105 Å². The van der Waals surface area contributed by atoms with Gasteiger partial charge in [0.15, 0.2) is 5.82 Å². The fourth-order valence-corrected chi connectivity index (χ4v) is 9.83. The van der Waals surface area contributed by atoms with Crippen molar-refractivity contribution >= 4 is 33.7 Å². The summed E-state index contributed by atoms with van der Waals surface area (Å²) < 4.78 is 6.62. The normalized spacial score (nSPS) is 11.8. The average molecular weight is 811 g/mol. The van der Waals surface area contributed by atoms with Gasteiger partial charge in [-0.2, -0.15) is 0 Å². The fourth-order valence-electron chi connectivity index (χ4n) is 8.70. The SMILES string of the molecule is c1ccc(-c2nc(-c3ccc(-c4cccnc4)nc3)cc(-c3ccc4c(c3)-c3cc5oc6ccccc6c5cc3Sc3ccccc3-c3ccccc3-c3ccccc3-4)n2)cc1. The van der Waals surface area contributed by atoms with Gasteiger partial charge in [0.25, 0.3) is 0 Å². The molecule has 0 bridgehead atoms. The predicted octanol–water partition coefficient (Wildman–Crippen LogP) is 15.0. The second-order valence-electron chi connectivity index (χ2n) is 15.4. The number of pyridine rings is 2. The van der Waals surface area contributed by atoms with Crippen molar-refractivity contribution in [3.63, 3.8) is 0 Å². The van der Waals surface area contributed by atoms with Gasteiger partial charge in [0.2, 0.25) is 0 Å². The molecule has 11 aromatic rings. The Bertz CT molecular complexity index is 3490. The van der Waals surface area contributed by atoms with E-state index in [4.69, 9.17) is 19.4 Å². The summed E-state index contributed by atoms with van der Waals surface area (Å²) in [6.07, 6.45) is 5.49. The van der Waals surface area contributed by atoms with E-state index in [1.54, 1.807) is 18.0 Å². The zero-order chi connectivity index (χ0) is 41.0. The van der Waals surface area contributed by atoms with Crippen molar-refractivity contribution in [2.45, 2.75) is 9.79 Å². The Morgan fingerprint density at radius 2 is 0.984 bits per heavy atom. The van der Waals surface area contributed by atoms with Crippen LogP contribution >= 0.6 is 11.8 Å². The molecule has 0 spiro atoms. The van der Waals surface area contributed by atoms with Crippen molar-refractivity contribution in [1.29, 1.82) is 0 Å². The maximum absolute atomic E-state index is 6.62. The van der Waals surface area contributed by atoms with Crippen molar-refractivity contribution in [2.75, 3.05) is 0 Å². The van der Waals surface area contributed by atoms with Crippen LogP contribution in [-0.2, 0) is 0 Å². The number of rotatable bonds is 4. The number of fused-ring (bicyclic) bond motifs is 12. The molecule has 0 unspecified atom stereocenters. The highest BCUT2D eigenvalue weighted by Gasteiger charge is 2.24. The molecule has 12 rings (SSSR count). The summed E-state index contributed by atoms with van der Waals surface area (Å²) in [7, 11) is 0. The topological polar surface area (TPSA) is 64.7 Å². The maximum atomic E-state index is 6.62. The van der Waals surface area contributed by atoms with Gasteiger partial charge < -0.3 is 4.42 Å². The summed E-state index contributed by atoms with van der Waals surface area (Å²) in [5.74, 6) is 0.643. The Labute approximate surface area is 362 Å². The van der Waals surface area contributed by atoms with Crippen LogP contribution in [0.25, 0.3) is 112 Å². The average Bonchev–Trinajstić information content (AvgIpc) is 3.71. The van der Waals surface area contributed by atoms with Crippen LogP contribution < -0.4 is 0 Å². The second kappa shape index (κ2) is 15.0. The molecule has 1 aliphatic rings. The third-order valence-corrected chi connectivity index (χ3v) is 12.8. The number of para-hydroxylation sites is 1. The number of hydrogen-bond acceptors (Lipinski definition) is 6. The minimum Gasteiger partial charge on any atom is -0.456 e. The smallest absolute Gasteiger partial charge is 0.160 e. The molecular formula is C56H34N4OS. The van der Waals surface area contributed by atoms with E-state index in [9.17, 15) is 0 Å². The molecule has 4 aromatic heterocycles. The predicted molar refractivity (Wildman–Crippen MR) is 253 cm³/mol. The van der Waals surface area contributed by atoms with Crippen LogP contribution in [0.3, 0.4) is 0 Å². The van der Waals surface area contributed by atoms with E-state index < -0.39 is 0 Å². The van der Waals surface area contributed by atoms with Gasteiger partial charge in [0.05, 0.1) is 17.1 Å². The number of benzene rings is 7. The lowest BCUT2D eigenvalue weighted by Gasteiger charge is -2.18. The first-order valence-corrected chi connectivity index (χ1v) is 21.4. The third-order valence-electron chi connectivity index (χ3n) is 11.7. The molecule has 0 amide bonds. The summed E-state index contributed by atoms with van der Waals surface area (Å²) in [6, 6.07) is 66.3. The van der Waals surface area contributed by atoms with E-state index in [-0.39, 0.29) is 0 Å².